The van der Waals surface area contributed by atoms with Crippen LogP contribution < -0.4 is 5.32 Å². The van der Waals surface area contributed by atoms with Gasteiger partial charge in [-0.05, 0) is 49.6 Å². The summed E-state index contributed by atoms with van der Waals surface area (Å²) in [6.45, 7) is 6.10. The van der Waals surface area contributed by atoms with Gasteiger partial charge in [-0.15, -0.1) is 0 Å². The standard InChI is InChI=1S/C18H21NO2/c1-12-8-10-15(11-9-12)19-17(18(20)21-4)16-7-5-6-13(2)14(16)3/h5-11,17,19H,1-4H3. The van der Waals surface area contributed by atoms with E-state index < -0.39 is 6.04 Å². The number of aryl methyl sites for hydroxylation is 2. The molecule has 2 aromatic carbocycles. The van der Waals surface area contributed by atoms with Crippen molar-refractivity contribution in [1.82, 2.24) is 0 Å². The number of rotatable bonds is 4. The summed E-state index contributed by atoms with van der Waals surface area (Å²) in [5, 5.41) is 3.27. The van der Waals surface area contributed by atoms with Crippen LogP contribution >= 0.6 is 0 Å². The van der Waals surface area contributed by atoms with Crippen LogP contribution in [0.1, 0.15) is 28.3 Å². The smallest absolute Gasteiger partial charge is 0.332 e. The molecule has 0 amide bonds. The number of nitrogens with one attached hydrogen (secondary N) is 1. The Labute approximate surface area is 126 Å². The Hall–Kier alpha value is -2.29. The van der Waals surface area contributed by atoms with Crippen molar-refractivity contribution in [2.24, 2.45) is 0 Å². The maximum atomic E-state index is 12.2. The van der Waals surface area contributed by atoms with Crippen LogP contribution in [0.2, 0.25) is 0 Å². The normalized spacial score (nSPS) is 11.8. The molecule has 0 aliphatic rings. The first kappa shape index (κ1) is 15.1. The molecule has 1 N–H and O–H groups in total. The molecule has 0 heterocycles. The van der Waals surface area contributed by atoms with Crippen LogP contribution in [0.5, 0.6) is 0 Å². The van der Waals surface area contributed by atoms with Gasteiger partial charge in [-0.3, -0.25) is 0 Å². The fraction of sp³-hybridized carbons (Fsp3) is 0.278. The van der Waals surface area contributed by atoms with E-state index in [2.05, 4.69) is 5.32 Å². The fourth-order valence-corrected chi connectivity index (χ4v) is 2.28. The zero-order valence-corrected chi connectivity index (χ0v) is 12.9. The number of hydrogen-bond acceptors (Lipinski definition) is 3. The fourth-order valence-electron chi connectivity index (χ4n) is 2.28. The van der Waals surface area contributed by atoms with Crippen LogP contribution in [-0.2, 0) is 9.53 Å². The van der Waals surface area contributed by atoms with Gasteiger partial charge < -0.3 is 10.1 Å². The lowest BCUT2D eigenvalue weighted by Gasteiger charge is -2.21. The second-order valence-electron chi connectivity index (χ2n) is 5.26. The number of methoxy groups -OCH3 is 1. The van der Waals surface area contributed by atoms with Gasteiger partial charge in [0.25, 0.3) is 0 Å². The molecule has 0 saturated heterocycles. The molecule has 0 saturated carbocycles. The lowest BCUT2D eigenvalue weighted by molar-refractivity contribution is -0.141. The first-order valence-corrected chi connectivity index (χ1v) is 7.00. The van der Waals surface area contributed by atoms with Gasteiger partial charge in [0.15, 0.2) is 6.04 Å². The number of hydrogen-bond donors (Lipinski definition) is 1. The highest BCUT2D eigenvalue weighted by Gasteiger charge is 2.23. The maximum absolute atomic E-state index is 12.2. The average Bonchev–Trinajstić information content (AvgIpc) is 2.49. The van der Waals surface area contributed by atoms with Gasteiger partial charge in [0.2, 0.25) is 0 Å². The molecule has 3 heteroatoms. The topological polar surface area (TPSA) is 38.3 Å². The Morgan fingerprint density at radius 2 is 1.71 bits per heavy atom. The average molecular weight is 283 g/mol. The van der Waals surface area contributed by atoms with Crippen molar-refractivity contribution in [3.8, 4) is 0 Å². The van der Waals surface area contributed by atoms with E-state index in [1.165, 1.54) is 12.7 Å². The molecule has 1 unspecified atom stereocenters. The van der Waals surface area contributed by atoms with Crippen molar-refractivity contribution in [1.29, 1.82) is 0 Å². The number of carbonyl (C=O) groups is 1. The van der Waals surface area contributed by atoms with Crippen LogP contribution in [0.3, 0.4) is 0 Å². The van der Waals surface area contributed by atoms with Crippen LogP contribution in [0, 0.1) is 20.8 Å². The first-order valence-electron chi connectivity index (χ1n) is 7.00. The summed E-state index contributed by atoms with van der Waals surface area (Å²) < 4.78 is 4.96. The van der Waals surface area contributed by atoms with Crippen LogP contribution in [0.15, 0.2) is 42.5 Å². The van der Waals surface area contributed by atoms with Crippen LogP contribution in [0.4, 0.5) is 5.69 Å². The zero-order valence-electron chi connectivity index (χ0n) is 12.9. The van der Waals surface area contributed by atoms with E-state index in [4.69, 9.17) is 4.74 Å². The predicted octanol–water partition coefficient (Wildman–Crippen LogP) is 3.94. The molecule has 2 rings (SSSR count). The minimum Gasteiger partial charge on any atom is -0.467 e. The van der Waals surface area contributed by atoms with Gasteiger partial charge in [0.1, 0.15) is 0 Å². The summed E-state index contributed by atoms with van der Waals surface area (Å²) in [6.07, 6.45) is 0. The predicted molar refractivity (Wildman–Crippen MR) is 85.5 cm³/mol. The van der Waals surface area contributed by atoms with E-state index in [-0.39, 0.29) is 5.97 Å². The van der Waals surface area contributed by atoms with Crippen molar-refractivity contribution < 1.29 is 9.53 Å². The summed E-state index contributed by atoms with van der Waals surface area (Å²) in [5.74, 6) is -0.288. The Morgan fingerprint density at radius 3 is 2.33 bits per heavy atom. The van der Waals surface area contributed by atoms with E-state index in [1.54, 1.807) is 0 Å². The highest BCUT2D eigenvalue weighted by Crippen LogP contribution is 2.25. The molecule has 0 aromatic heterocycles. The minimum atomic E-state index is -0.502. The third-order valence-corrected chi connectivity index (χ3v) is 3.76. The van der Waals surface area contributed by atoms with Gasteiger partial charge in [0, 0.05) is 5.69 Å². The number of carbonyl (C=O) groups excluding carboxylic acids is 1. The molecule has 0 fully saturated rings. The van der Waals surface area contributed by atoms with Crippen molar-refractivity contribution in [3.05, 3.63) is 64.7 Å². The Morgan fingerprint density at radius 1 is 1.05 bits per heavy atom. The molecular weight excluding hydrogens is 262 g/mol. The van der Waals surface area contributed by atoms with Gasteiger partial charge in [-0.1, -0.05) is 35.9 Å². The number of benzene rings is 2. The van der Waals surface area contributed by atoms with Crippen molar-refractivity contribution in [2.75, 3.05) is 12.4 Å². The molecule has 1 atom stereocenters. The molecule has 110 valence electrons. The Balaban J connectivity index is 2.37. The largest absolute Gasteiger partial charge is 0.467 e. The summed E-state index contributed by atoms with van der Waals surface area (Å²) in [7, 11) is 1.41. The van der Waals surface area contributed by atoms with Crippen molar-refractivity contribution in [2.45, 2.75) is 26.8 Å². The van der Waals surface area contributed by atoms with Crippen molar-refractivity contribution in [3.63, 3.8) is 0 Å². The third-order valence-electron chi connectivity index (χ3n) is 3.76. The molecule has 0 spiro atoms. The van der Waals surface area contributed by atoms with E-state index in [1.807, 2.05) is 63.2 Å². The van der Waals surface area contributed by atoms with Gasteiger partial charge in [-0.2, -0.15) is 0 Å². The molecule has 0 bridgehead atoms. The summed E-state index contributed by atoms with van der Waals surface area (Å²) in [4.78, 5) is 12.2. The molecule has 2 aromatic rings. The second kappa shape index (κ2) is 6.44. The highest BCUT2D eigenvalue weighted by molar-refractivity contribution is 5.81. The quantitative estimate of drug-likeness (QED) is 0.864. The second-order valence-corrected chi connectivity index (χ2v) is 5.26. The molecule has 0 aliphatic heterocycles. The summed E-state index contributed by atoms with van der Waals surface area (Å²) >= 11 is 0. The van der Waals surface area contributed by atoms with E-state index >= 15 is 0 Å². The first-order chi connectivity index (χ1) is 10.0. The van der Waals surface area contributed by atoms with E-state index in [0.717, 1.165) is 22.4 Å². The SMILES string of the molecule is COC(=O)C(Nc1ccc(C)cc1)c1cccc(C)c1C. The van der Waals surface area contributed by atoms with E-state index in [9.17, 15) is 4.79 Å². The molecular formula is C18H21NO2. The lowest BCUT2D eigenvalue weighted by Crippen LogP contribution is -2.23. The molecule has 3 nitrogen and oxygen atoms in total. The molecule has 21 heavy (non-hydrogen) atoms. The Kier molecular flexibility index (Phi) is 4.63. The number of ether oxygens (including phenoxy) is 1. The van der Waals surface area contributed by atoms with Gasteiger partial charge >= 0.3 is 5.97 Å². The van der Waals surface area contributed by atoms with Crippen molar-refractivity contribution >= 4 is 11.7 Å². The molecule has 0 radical (unpaired) electrons. The minimum absolute atomic E-state index is 0.288. The van der Waals surface area contributed by atoms with Gasteiger partial charge in [-0.25, -0.2) is 4.79 Å². The van der Waals surface area contributed by atoms with Crippen LogP contribution in [0.25, 0.3) is 0 Å². The Bertz CT molecular complexity index is 632. The summed E-state index contributed by atoms with van der Waals surface area (Å²) in [6, 6.07) is 13.4. The zero-order chi connectivity index (χ0) is 15.4. The summed E-state index contributed by atoms with van der Waals surface area (Å²) in [5.41, 5.74) is 5.29. The van der Waals surface area contributed by atoms with Crippen LogP contribution in [-0.4, -0.2) is 13.1 Å². The number of esters is 1. The van der Waals surface area contributed by atoms with Gasteiger partial charge in [0.05, 0.1) is 7.11 Å². The number of anilines is 1. The molecule has 0 aliphatic carbocycles. The third kappa shape index (κ3) is 3.43. The maximum Gasteiger partial charge on any atom is 0.332 e. The monoisotopic (exact) mass is 283 g/mol. The lowest BCUT2D eigenvalue weighted by atomic mass is 9.97. The van der Waals surface area contributed by atoms with E-state index in [0.29, 0.717) is 0 Å². The highest BCUT2D eigenvalue weighted by atomic mass is 16.5.